The summed E-state index contributed by atoms with van der Waals surface area (Å²) in [4.78, 5) is 4.06. The molecule has 1 heterocycles. The van der Waals surface area contributed by atoms with E-state index in [-0.39, 0.29) is 10.4 Å². The van der Waals surface area contributed by atoms with Crippen LogP contribution in [0.2, 0.25) is 0 Å². The Hall–Kier alpha value is -1.23. The van der Waals surface area contributed by atoms with Gasteiger partial charge in [0.05, 0.1) is 22.3 Å². The van der Waals surface area contributed by atoms with Crippen molar-refractivity contribution in [2.75, 3.05) is 7.11 Å². The van der Waals surface area contributed by atoms with Crippen molar-refractivity contribution in [1.82, 2.24) is 4.98 Å². The van der Waals surface area contributed by atoms with Crippen molar-refractivity contribution >= 4 is 21.6 Å². The van der Waals surface area contributed by atoms with Crippen molar-refractivity contribution in [1.29, 1.82) is 0 Å². The average molecular weight is 215 g/mol. The Morgan fingerprint density at radius 1 is 1.36 bits per heavy atom. The molecule has 0 N–H and O–H groups in total. The molecule has 1 aromatic carbocycles. The first-order valence-corrected chi connectivity index (χ1v) is 4.74. The SMILES string of the molecule is COc1cc2nc(C)sc2c(F)c1F. The lowest BCUT2D eigenvalue weighted by Crippen LogP contribution is -1.92. The van der Waals surface area contributed by atoms with E-state index in [0.29, 0.717) is 10.5 Å². The van der Waals surface area contributed by atoms with Crippen molar-refractivity contribution in [2.45, 2.75) is 6.92 Å². The van der Waals surface area contributed by atoms with E-state index >= 15 is 0 Å². The second-order valence-electron chi connectivity index (χ2n) is 2.79. The molecule has 0 atom stereocenters. The van der Waals surface area contributed by atoms with Gasteiger partial charge < -0.3 is 4.74 Å². The number of halogens is 2. The summed E-state index contributed by atoms with van der Waals surface area (Å²) in [7, 11) is 1.29. The maximum absolute atomic E-state index is 13.4. The number of hydrogen-bond acceptors (Lipinski definition) is 3. The molecule has 0 bridgehead atoms. The summed E-state index contributed by atoms with van der Waals surface area (Å²) in [6.07, 6.45) is 0. The van der Waals surface area contributed by atoms with Gasteiger partial charge in [0.2, 0.25) is 5.82 Å². The topological polar surface area (TPSA) is 22.1 Å². The van der Waals surface area contributed by atoms with Gasteiger partial charge in [0.15, 0.2) is 11.6 Å². The summed E-state index contributed by atoms with van der Waals surface area (Å²) < 4.78 is 31.5. The van der Waals surface area contributed by atoms with E-state index in [0.717, 1.165) is 11.3 Å². The molecule has 0 amide bonds. The summed E-state index contributed by atoms with van der Waals surface area (Å²) in [5.74, 6) is -1.95. The van der Waals surface area contributed by atoms with Crippen LogP contribution in [0.3, 0.4) is 0 Å². The number of methoxy groups -OCH3 is 1. The van der Waals surface area contributed by atoms with Gasteiger partial charge in [-0.3, -0.25) is 0 Å². The van der Waals surface area contributed by atoms with E-state index in [9.17, 15) is 8.78 Å². The molecule has 74 valence electrons. The Bertz CT molecular complexity index is 495. The fourth-order valence-electron chi connectivity index (χ4n) is 1.24. The van der Waals surface area contributed by atoms with Crippen molar-refractivity contribution < 1.29 is 13.5 Å². The molecule has 2 aromatic rings. The number of fused-ring (bicyclic) bond motifs is 1. The predicted octanol–water partition coefficient (Wildman–Crippen LogP) is 2.89. The van der Waals surface area contributed by atoms with Crippen LogP contribution in [0, 0.1) is 18.6 Å². The standard InChI is InChI=1S/C9H7F2NOS/c1-4-12-5-3-6(13-2)7(10)8(11)9(5)14-4/h3H,1-2H3. The number of rotatable bonds is 1. The monoisotopic (exact) mass is 215 g/mol. The number of nitrogens with zero attached hydrogens (tertiary/aromatic N) is 1. The summed E-state index contributed by atoms with van der Waals surface area (Å²) in [6.45, 7) is 1.74. The van der Waals surface area contributed by atoms with Gasteiger partial charge >= 0.3 is 0 Å². The number of thiazole rings is 1. The van der Waals surface area contributed by atoms with Crippen LogP contribution < -0.4 is 4.74 Å². The largest absolute Gasteiger partial charge is 0.493 e. The third kappa shape index (κ3) is 1.24. The highest BCUT2D eigenvalue weighted by Gasteiger charge is 2.16. The van der Waals surface area contributed by atoms with E-state index in [2.05, 4.69) is 4.98 Å². The maximum atomic E-state index is 13.4. The quantitative estimate of drug-likeness (QED) is 0.729. The zero-order valence-electron chi connectivity index (χ0n) is 7.60. The van der Waals surface area contributed by atoms with E-state index in [4.69, 9.17) is 4.74 Å². The van der Waals surface area contributed by atoms with Gasteiger partial charge in [-0.1, -0.05) is 0 Å². The Kier molecular flexibility index (Phi) is 2.11. The minimum absolute atomic E-state index is 0.111. The molecule has 0 unspecified atom stereocenters. The van der Waals surface area contributed by atoms with Gasteiger partial charge in [-0.2, -0.15) is 4.39 Å². The van der Waals surface area contributed by atoms with Crippen LogP contribution in [0.5, 0.6) is 5.75 Å². The molecule has 0 aliphatic carbocycles. The van der Waals surface area contributed by atoms with Crippen LogP contribution in [0.4, 0.5) is 8.78 Å². The first-order chi connectivity index (χ1) is 6.63. The molecule has 0 aliphatic heterocycles. The smallest absolute Gasteiger partial charge is 0.202 e. The fourth-order valence-corrected chi connectivity index (χ4v) is 2.07. The zero-order valence-corrected chi connectivity index (χ0v) is 8.41. The molecule has 0 spiro atoms. The highest BCUT2D eigenvalue weighted by molar-refractivity contribution is 7.18. The summed E-state index contributed by atoms with van der Waals surface area (Å²) in [5, 5.41) is 0.701. The predicted molar refractivity (Wildman–Crippen MR) is 50.8 cm³/mol. The van der Waals surface area contributed by atoms with Gasteiger partial charge in [-0.05, 0) is 6.92 Å². The van der Waals surface area contributed by atoms with Gasteiger partial charge in [0, 0.05) is 6.07 Å². The van der Waals surface area contributed by atoms with Gasteiger partial charge in [0.25, 0.3) is 0 Å². The van der Waals surface area contributed by atoms with Gasteiger partial charge in [-0.25, -0.2) is 9.37 Å². The lowest BCUT2D eigenvalue weighted by molar-refractivity contribution is 0.374. The van der Waals surface area contributed by atoms with Crippen LogP contribution in [-0.4, -0.2) is 12.1 Å². The molecule has 2 nitrogen and oxygen atoms in total. The van der Waals surface area contributed by atoms with Crippen LogP contribution in [0.1, 0.15) is 5.01 Å². The van der Waals surface area contributed by atoms with Crippen molar-refractivity contribution in [3.05, 3.63) is 22.7 Å². The second-order valence-corrected chi connectivity index (χ2v) is 3.99. The van der Waals surface area contributed by atoms with Crippen LogP contribution in [0.15, 0.2) is 6.07 Å². The van der Waals surface area contributed by atoms with Crippen LogP contribution >= 0.6 is 11.3 Å². The molecule has 5 heteroatoms. The lowest BCUT2D eigenvalue weighted by Gasteiger charge is -2.01. The molecule has 0 saturated carbocycles. The minimum Gasteiger partial charge on any atom is -0.493 e. The Morgan fingerprint density at radius 2 is 2.07 bits per heavy atom. The summed E-state index contributed by atoms with van der Waals surface area (Å²) in [5.41, 5.74) is 0.434. The Morgan fingerprint density at radius 3 is 2.71 bits per heavy atom. The first-order valence-electron chi connectivity index (χ1n) is 3.92. The highest BCUT2D eigenvalue weighted by Crippen LogP contribution is 2.31. The van der Waals surface area contributed by atoms with Crippen LogP contribution in [-0.2, 0) is 0 Å². The minimum atomic E-state index is -0.955. The molecular formula is C9H7F2NOS. The molecule has 14 heavy (non-hydrogen) atoms. The van der Waals surface area contributed by atoms with E-state index in [1.807, 2.05) is 0 Å². The van der Waals surface area contributed by atoms with Crippen molar-refractivity contribution in [3.63, 3.8) is 0 Å². The zero-order chi connectivity index (χ0) is 10.3. The number of aryl methyl sites for hydroxylation is 1. The first kappa shape index (κ1) is 9.33. The van der Waals surface area contributed by atoms with Gasteiger partial charge in [-0.15, -0.1) is 11.3 Å². The number of benzene rings is 1. The molecule has 2 rings (SSSR count). The van der Waals surface area contributed by atoms with E-state index in [1.54, 1.807) is 6.92 Å². The summed E-state index contributed by atoms with van der Waals surface area (Å²) in [6, 6.07) is 1.40. The third-order valence-electron chi connectivity index (χ3n) is 1.86. The Labute approximate surface area is 83.1 Å². The molecule has 0 saturated heterocycles. The maximum Gasteiger partial charge on any atom is 0.202 e. The van der Waals surface area contributed by atoms with Crippen molar-refractivity contribution in [2.24, 2.45) is 0 Å². The average Bonchev–Trinajstić information content (AvgIpc) is 2.52. The normalized spacial score (nSPS) is 10.9. The second kappa shape index (κ2) is 3.16. The highest BCUT2D eigenvalue weighted by atomic mass is 32.1. The number of aromatic nitrogens is 1. The van der Waals surface area contributed by atoms with E-state index < -0.39 is 11.6 Å². The number of ether oxygens (including phenoxy) is 1. The Balaban J connectivity index is 2.84. The molecule has 0 aliphatic rings. The number of hydrogen-bond donors (Lipinski definition) is 0. The van der Waals surface area contributed by atoms with Crippen LogP contribution in [0.25, 0.3) is 10.2 Å². The van der Waals surface area contributed by atoms with Crippen molar-refractivity contribution in [3.8, 4) is 5.75 Å². The molecule has 1 aromatic heterocycles. The molecule has 0 radical (unpaired) electrons. The lowest BCUT2D eigenvalue weighted by atomic mass is 10.3. The van der Waals surface area contributed by atoms with E-state index in [1.165, 1.54) is 13.2 Å². The third-order valence-corrected chi connectivity index (χ3v) is 2.84. The molecule has 0 fully saturated rings. The van der Waals surface area contributed by atoms with Gasteiger partial charge in [0.1, 0.15) is 0 Å². The molecular weight excluding hydrogens is 208 g/mol. The summed E-state index contributed by atoms with van der Waals surface area (Å²) >= 11 is 1.13. The fraction of sp³-hybridized carbons (Fsp3) is 0.222.